The molecule has 0 aliphatic rings. The van der Waals surface area contributed by atoms with Gasteiger partial charge in [0.05, 0.1) is 5.56 Å². The molecule has 1 aromatic carbocycles. The fraction of sp³-hybridized carbons (Fsp3) is 0.182. The van der Waals surface area contributed by atoms with Crippen molar-refractivity contribution in [1.82, 2.24) is 4.98 Å². The van der Waals surface area contributed by atoms with Gasteiger partial charge in [-0.25, -0.2) is 4.98 Å². The van der Waals surface area contributed by atoms with Gasteiger partial charge in [0, 0.05) is 0 Å². The topological polar surface area (TPSA) is 46.3 Å². The molecule has 0 amide bonds. The van der Waals surface area contributed by atoms with Crippen LogP contribution in [0.3, 0.4) is 0 Å². The summed E-state index contributed by atoms with van der Waals surface area (Å²) in [6, 6.07) is 4.25. The van der Waals surface area contributed by atoms with Gasteiger partial charge in [0.15, 0.2) is 6.39 Å². The highest BCUT2D eigenvalue weighted by atomic mass is 19.4. The molecular formula is C11H8F3NO2. The predicted molar refractivity (Wildman–Crippen MR) is 52.0 cm³/mol. The van der Waals surface area contributed by atoms with Crippen molar-refractivity contribution < 1.29 is 22.7 Å². The molecule has 0 spiro atoms. The number of aromatic nitrogens is 1. The van der Waals surface area contributed by atoms with Crippen molar-refractivity contribution in [3.05, 3.63) is 53.7 Å². The van der Waals surface area contributed by atoms with Gasteiger partial charge < -0.3 is 9.52 Å². The van der Waals surface area contributed by atoms with Crippen molar-refractivity contribution in [1.29, 1.82) is 0 Å². The maximum Gasteiger partial charge on any atom is 0.416 e. The molecule has 90 valence electrons. The molecule has 1 heterocycles. The molecular weight excluding hydrogens is 235 g/mol. The number of hydrogen-bond acceptors (Lipinski definition) is 3. The number of aliphatic hydroxyl groups is 1. The summed E-state index contributed by atoms with van der Waals surface area (Å²) in [4.78, 5) is 3.72. The summed E-state index contributed by atoms with van der Waals surface area (Å²) in [6.45, 7) is 0. The number of alkyl halides is 3. The van der Waals surface area contributed by atoms with Crippen LogP contribution in [0.25, 0.3) is 0 Å². The number of aliphatic hydroxyl groups excluding tert-OH is 1. The number of oxazole rings is 1. The Morgan fingerprint density at radius 2 is 1.82 bits per heavy atom. The first-order chi connectivity index (χ1) is 7.98. The lowest BCUT2D eigenvalue weighted by atomic mass is 10.1. The van der Waals surface area contributed by atoms with E-state index < -0.39 is 17.8 Å². The molecule has 1 unspecified atom stereocenters. The summed E-state index contributed by atoms with van der Waals surface area (Å²) < 4.78 is 41.6. The molecule has 1 aromatic heterocycles. The van der Waals surface area contributed by atoms with Crippen LogP contribution in [0.15, 0.2) is 41.3 Å². The van der Waals surface area contributed by atoms with Gasteiger partial charge in [-0.15, -0.1) is 0 Å². The summed E-state index contributed by atoms with van der Waals surface area (Å²) in [5.74, 6) is 0. The van der Waals surface area contributed by atoms with Crippen LogP contribution in [0.5, 0.6) is 0 Å². The second-order valence-corrected chi connectivity index (χ2v) is 3.44. The molecule has 3 nitrogen and oxygen atoms in total. The fourth-order valence-electron chi connectivity index (χ4n) is 1.38. The lowest BCUT2D eigenvalue weighted by Gasteiger charge is -2.10. The highest BCUT2D eigenvalue weighted by Gasteiger charge is 2.30. The Morgan fingerprint density at radius 3 is 2.29 bits per heavy atom. The number of hydrogen-bond donors (Lipinski definition) is 1. The molecule has 0 fully saturated rings. The molecule has 0 radical (unpaired) electrons. The minimum atomic E-state index is -4.38. The molecule has 0 saturated heterocycles. The van der Waals surface area contributed by atoms with Crippen molar-refractivity contribution in [2.75, 3.05) is 0 Å². The van der Waals surface area contributed by atoms with E-state index in [1.54, 1.807) is 0 Å². The summed E-state index contributed by atoms with van der Waals surface area (Å²) in [7, 11) is 0. The van der Waals surface area contributed by atoms with Gasteiger partial charge in [0.25, 0.3) is 0 Å². The third kappa shape index (κ3) is 2.47. The van der Waals surface area contributed by atoms with E-state index in [-0.39, 0.29) is 5.69 Å². The molecule has 2 rings (SSSR count). The Morgan fingerprint density at radius 1 is 1.18 bits per heavy atom. The van der Waals surface area contributed by atoms with Crippen molar-refractivity contribution in [3.63, 3.8) is 0 Å². The van der Waals surface area contributed by atoms with E-state index in [0.29, 0.717) is 5.56 Å². The third-order valence-electron chi connectivity index (χ3n) is 2.29. The van der Waals surface area contributed by atoms with Crippen LogP contribution in [-0.2, 0) is 6.18 Å². The predicted octanol–water partition coefficient (Wildman–Crippen LogP) is 2.78. The quantitative estimate of drug-likeness (QED) is 0.882. The Hall–Kier alpha value is -1.82. The van der Waals surface area contributed by atoms with Crippen molar-refractivity contribution in [3.8, 4) is 0 Å². The lowest BCUT2D eigenvalue weighted by molar-refractivity contribution is -0.137. The summed E-state index contributed by atoms with van der Waals surface area (Å²) in [5.41, 5.74) is -0.176. The zero-order valence-electron chi connectivity index (χ0n) is 8.48. The first-order valence-corrected chi connectivity index (χ1v) is 4.72. The lowest BCUT2D eigenvalue weighted by Crippen LogP contribution is -2.06. The molecule has 1 N–H and O–H groups in total. The molecule has 0 saturated carbocycles. The average Bonchev–Trinajstić information content (AvgIpc) is 2.80. The highest BCUT2D eigenvalue weighted by molar-refractivity contribution is 5.29. The van der Waals surface area contributed by atoms with Crippen LogP contribution >= 0.6 is 0 Å². The second-order valence-electron chi connectivity index (χ2n) is 3.44. The minimum Gasteiger partial charge on any atom is -0.451 e. The zero-order valence-corrected chi connectivity index (χ0v) is 8.48. The van der Waals surface area contributed by atoms with E-state index in [4.69, 9.17) is 0 Å². The van der Waals surface area contributed by atoms with Gasteiger partial charge >= 0.3 is 6.18 Å². The van der Waals surface area contributed by atoms with Crippen LogP contribution in [0, 0.1) is 0 Å². The van der Waals surface area contributed by atoms with E-state index in [0.717, 1.165) is 18.5 Å². The normalized spacial score (nSPS) is 13.6. The van der Waals surface area contributed by atoms with Crippen LogP contribution in [-0.4, -0.2) is 10.1 Å². The number of nitrogens with zero attached hydrogens (tertiary/aromatic N) is 1. The monoisotopic (exact) mass is 243 g/mol. The number of rotatable bonds is 2. The van der Waals surface area contributed by atoms with Crippen LogP contribution in [0.1, 0.15) is 22.9 Å². The minimum absolute atomic E-state index is 0.254. The maximum atomic E-state index is 12.3. The van der Waals surface area contributed by atoms with E-state index in [9.17, 15) is 18.3 Å². The largest absolute Gasteiger partial charge is 0.451 e. The van der Waals surface area contributed by atoms with Gasteiger partial charge in [-0.05, 0) is 17.7 Å². The SMILES string of the molecule is OC(c1ccc(C(F)(F)F)cc1)c1cocn1. The molecule has 2 aromatic rings. The molecule has 17 heavy (non-hydrogen) atoms. The van der Waals surface area contributed by atoms with Crippen LogP contribution < -0.4 is 0 Å². The summed E-state index contributed by atoms with van der Waals surface area (Å²) >= 11 is 0. The van der Waals surface area contributed by atoms with E-state index in [1.807, 2.05) is 0 Å². The third-order valence-corrected chi connectivity index (χ3v) is 2.29. The van der Waals surface area contributed by atoms with Gasteiger partial charge in [-0.3, -0.25) is 0 Å². The fourth-order valence-corrected chi connectivity index (χ4v) is 1.38. The Bertz CT molecular complexity index is 476. The zero-order chi connectivity index (χ0) is 12.5. The Kier molecular flexibility index (Phi) is 2.89. The maximum absolute atomic E-state index is 12.3. The average molecular weight is 243 g/mol. The summed E-state index contributed by atoms with van der Waals surface area (Å²) in [5, 5.41) is 9.77. The molecule has 0 aliphatic heterocycles. The van der Waals surface area contributed by atoms with Crippen molar-refractivity contribution in [2.24, 2.45) is 0 Å². The molecule has 6 heteroatoms. The van der Waals surface area contributed by atoms with Gasteiger partial charge in [0.2, 0.25) is 0 Å². The second kappa shape index (κ2) is 4.21. The summed E-state index contributed by atoms with van der Waals surface area (Å²) in [6.07, 6.45) is -3.08. The van der Waals surface area contributed by atoms with Crippen molar-refractivity contribution >= 4 is 0 Å². The number of benzene rings is 1. The highest BCUT2D eigenvalue weighted by Crippen LogP contribution is 2.30. The Balaban J connectivity index is 2.24. The molecule has 0 bridgehead atoms. The van der Waals surface area contributed by atoms with Gasteiger partial charge in [0.1, 0.15) is 18.1 Å². The van der Waals surface area contributed by atoms with E-state index in [1.165, 1.54) is 18.4 Å². The van der Waals surface area contributed by atoms with Crippen molar-refractivity contribution in [2.45, 2.75) is 12.3 Å². The van der Waals surface area contributed by atoms with Crippen LogP contribution in [0.2, 0.25) is 0 Å². The van der Waals surface area contributed by atoms with Gasteiger partial charge in [-0.1, -0.05) is 12.1 Å². The standard InChI is InChI=1S/C11H8F3NO2/c12-11(13,14)8-3-1-7(2-4-8)10(16)9-5-17-6-15-9/h1-6,10,16H. The first-order valence-electron chi connectivity index (χ1n) is 4.72. The van der Waals surface area contributed by atoms with E-state index in [2.05, 4.69) is 9.40 Å². The number of halogens is 3. The smallest absolute Gasteiger partial charge is 0.416 e. The molecule has 0 aliphatic carbocycles. The molecule has 1 atom stereocenters. The van der Waals surface area contributed by atoms with Crippen LogP contribution in [0.4, 0.5) is 13.2 Å². The van der Waals surface area contributed by atoms with E-state index >= 15 is 0 Å². The first kappa shape index (κ1) is 11.7. The Labute approximate surface area is 94.5 Å². The van der Waals surface area contributed by atoms with Gasteiger partial charge in [-0.2, -0.15) is 13.2 Å².